The third kappa shape index (κ3) is 6.23. The molecule has 2 aromatic rings. The zero-order valence-electron chi connectivity index (χ0n) is 18.9. The molecular formula is C25H33NO5. The van der Waals surface area contributed by atoms with Crippen molar-refractivity contribution in [3.8, 4) is 17.2 Å². The molecule has 0 saturated carbocycles. The van der Waals surface area contributed by atoms with Crippen LogP contribution in [0.15, 0.2) is 24.3 Å². The lowest BCUT2D eigenvalue weighted by molar-refractivity contribution is 0.100. The van der Waals surface area contributed by atoms with E-state index >= 15 is 0 Å². The number of aryl methyl sites for hydroxylation is 1. The van der Waals surface area contributed by atoms with Crippen molar-refractivity contribution in [2.24, 2.45) is 0 Å². The first-order valence-electron chi connectivity index (χ1n) is 10.8. The van der Waals surface area contributed by atoms with Crippen molar-refractivity contribution < 1.29 is 24.2 Å². The summed E-state index contributed by atoms with van der Waals surface area (Å²) in [6, 6.07) is 6.90. The summed E-state index contributed by atoms with van der Waals surface area (Å²) in [6.07, 6.45) is 3.75. The Balaban J connectivity index is 1.99. The molecule has 0 aliphatic heterocycles. The molecule has 0 aromatic heterocycles. The van der Waals surface area contributed by atoms with Gasteiger partial charge >= 0.3 is 0 Å². The topological polar surface area (TPSA) is 98.8 Å². The maximum absolute atomic E-state index is 11.9. The molecule has 0 heterocycles. The summed E-state index contributed by atoms with van der Waals surface area (Å²) in [6.45, 7) is 7.84. The Labute approximate surface area is 184 Å². The van der Waals surface area contributed by atoms with E-state index in [1.807, 2.05) is 13.0 Å². The number of Topliss-reactive ketones (excluding diaryl/α,β-unsaturated/α-hetero) is 2. The van der Waals surface area contributed by atoms with Crippen molar-refractivity contribution in [2.75, 3.05) is 18.9 Å². The van der Waals surface area contributed by atoms with Crippen molar-refractivity contribution in [3.05, 3.63) is 46.5 Å². The zero-order valence-corrected chi connectivity index (χ0v) is 18.9. The lowest BCUT2D eigenvalue weighted by atomic mass is 9.98. The summed E-state index contributed by atoms with van der Waals surface area (Å²) in [5.41, 5.74) is 8.98. The Hall–Kier alpha value is -3.02. The van der Waals surface area contributed by atoms with Crippen LogP contribution in [-0.4, -0.2) is 29.9 Å². The van der Waals surface area contributed by atoms with Crippen molar-refractivity contribution >= 4 is 17.3 Å². The van der Waals surface area contributed by atoms with Crippen molar-refractivity contribution in [2.45, 2.75) is 59.8 Å². The minimum Gasteiger partial charge on any atom is -0.507 e. The van der Waals surface area contributed by atoms with E-state index in [0.29, 0.717) is 59.9 Å². The van der Waals surface area contributed by atoms with Crippen molar-refractivity contribution in [3.63, 3.8) is 0 Å². The van der Waals surface area contributed by atoms with Gasteiger partial charge in [0.15, 0.2) is 11.6 Å². The van der Waals surface area contributed by atoms with Gasteiger partial charge in [0.05, 0.1) is 18.8 Å². The van der Waals surface area contributed by atoms with Gasteiger partial charge in [0, 0.05) is 29.3 Å². The first kappa shape index (κ1) is 24.3. The fraction of sp³-hybridized carbons (Fsp3) is 0.440. The largest absolute Gasteiger partial charge is 0.507 e. The average Bonchev–Trinajstić information content (AvgIpc) is 2.69. The van der Waals surface area contributed by atoms with E-state index in [1.54, 1.807) is 18.2 Å². The van der Waals surface area contributed by atoms with Crippen molar-refractivity contribution in [1.29, 1.82) is 0 Å². The van der Waals surface area contributed by atoms with Gasteiger partial charge in [-0.05, 0) is 50.5 Å². The molecule has 168 valence electrons. The van der Waals surface area contributed by atoms with Crippen LogP contribution in [0.1, 0.15) is 78.8 Å². The van der Waals surface area contributed by atoms with Gasteiger partial charge in [0.1, 0.15) is 17.2 Å². The van der Waals surface area contributed by atoms with Gasteiger partial charge < -0.3 is 20.3 Å². The van der Waals surface area contributed by atoms with Crippen LogP contribution >= 0.6 is 0 Å². The molecule has 31 heavy (non-hydrogen) atoms. The number of hydrogen-bond acceptors (Lipinski definition) is 6. The third-order valence-corrected chi connectivity index (χ3v) is 5.03. The molecule has 0 unspecified atom stereocenters. The fourth-order valence-corrected chi connectivity index (χ4v) is 3.64. The second-order valence-corrected chi connectivity index (χ2v) is 7.65. The molecule has 3 N–H and O–H groups in total. The first-order chi connectivity index (χ1) is 14.8. The lowest BCUT2D eigenvalue weighted by Gasteiger charge is -2.15. The van der Waals surface area contributed by atoms with Crippen LogP contribution in [0.2, 0.25) is 0 Å². The van der Waals surface area contributed by atoms with E-state index in [1.165, 1.54) is 13.8 Å². The predicted molar refractivity (Wildman–Crippen MR) is 123 cm³/mol. The number of benzene rings is 2. The number of rotatable bonds is 12. The molecule has 0 atom stereocenters. The molecule has 6 nitrogen and oxygen atoms in total. The Morgan fingerprint density at radius 2 is 1.65 bits per heavy atom. The second-order valence-electron chi connectivity index (χ2n) is 7.65. The van der Waals surface area contributed by atoms with Crippen LogP contribution in [-0.2, 0) is 12.8 Å². The highest BCUT2D eigenvalue weighted by atomic mass is 16.5. The van der Waals surface area contributed by atoms with Gasteiger partial charge in [0.2, 0.25) is 0 Å². The molecule has 2 rings (SSSR count). The minimum absolute atomic E-state index is 0.00703. The summed E-state index contributed by atoms with van der Waals surface area (Å²) < 4.78 is 11.7. The Bertz CT molecular complexity index is 936. The molecule has 6 heteroatoms. The maximum Gasteiger partial charge on any atom is 0.163 e. The number of hydrogen-bond donors (Lipinski definition) is 2. The Morgan fingerprint density at radius 3 is 2.26 bits per heavy atom. The molecule has 0 fully saturated rings. The number of nitrogens with two attached hydrogens (primary N) is 1. The van der Waals surface area contributed by atoms with Gasteiger partial charge in [-0.3, -0.25) is 9.59 Å². The maximum atomic E-state index is 11.9. The van der Waals surface area contributed by atoms with Crippen molar-refractivity contribution in [1.82, 2.24) is 0 Å². The molecule has 0 aliphatic carbocycles. The number of carbonyl (C=O) groups is 2. The number of phenolic OH excluding ortho intramolecular Hbond substituents is 1. The number of nitrogen functional groups attached to an aromatic ring is 1. The number of carbonyl (C=O) groups excluding carboxylic acids is 2. The third-order valence-electron chi connectivity index (χ3n) is 5.03. The number of aromatic hydroxyl groups is 1. The Kier molecular flexibility index (Phi) is 8.91. The fourth-order valence-electron chi connectivity index (χ4n) is 3.64. The van der Waals surface area contributed by atoms with Crippen LogP contribution in [0.25, 0.3) is 0 Å². The van der Waals surface area contributed by atoms with Crippen LogP contribution in [0.4, 0.5) is 5.69 Å². The summed E-state index contributed by atoms with van der Waals surface area (Å²) in [4.78, 5) is 23.6. The lowest BCUT2D eigenvalue weighted by Crippen LogP contribution is -2.09. The number of phenols is 1. The molecule has 0 radical (unpaired) electrons. The van der Waals surface area contributed by atoms with Gasteiger partial charge in [-0.15, -0.1) is 0 Å². The molecule has 0 saturated heterocycles. The van der Waals surface area contributed by atoms with E-state index in [2.05, 4.69) is 6.92 Å². The first-order valence-corrected chi connectivity index (χ1v) is 10.8. The summed E-state index contributed by atoms with van der Waals surface area (Å²) >= 11 is 0. The highest BCUT2D eigenvalue weighted by molar-refractivity contribution is 6.01. The van der Waals surface area contributed by atoms with E-state index in [-0.39, 0.29) is 17.3 Å². The van der Waals surface area contributed by atoms with Crippen LogP contribution in [0, 0.1) is 0 Å². The molecular weight excluding hydrogens is 394 g/mol. The van der Waals surface area contributed by atoms with E-state index < -0.39 is 0 Å². The smallest absolute Gasteiger partial charge is 0.163 e. The normalized spacial score (nSPS) is 10.7. The van der Waals surface area contributed by atoms with Gasteiger partial charge in [-0.2, -0.15) is 0 Å². The second kappa shape index (κ2) is 11.4. The number of ether oxygens (including phenoxy) is 2. The highest BCUT2D eigenvalue weighted by Gasteiger charge is 2.16. The van der Waals surface area contributed by atoms with E-state index in [4.69, 9.17) is 15.2 Å². The molecule has 0 spiro atoms. The van der Waals surface area contributed by atoms with Gasteiger partial charge in [0.25, 0.3) is 0 Å². The highest BCUT2D eigenvalue weighted by Crippen LogP contribution is 2.33. The molecule has 0 aliphatic rings. The number of anilines is 1. The SMILES string of the molecule is CCCc1cc(OCCCOc2ccc(C(C)=O)c(O)c2CCC)cc(N)c1C(C)=O. The molecule has 0 bridgehead atoms. The Morgan fingerprint density at radius 1 is 0.968 bits per heavy atom. The summed E-state index contributed by atoms with van der Waals surface area (Å²) in [7, 11) is 0. The quantitative estimate of drug-likeness (QED) is 0.277. The van der Waals surface area contributed by atoms with Gasteiger partial charge in [-0.25, -0.2) is 0 Å². The average molecular weight is 428 g/mol. The number of ketones is 2. The van der Waals surface area contributed by atoms with Crippen LogP contribution < -0.4 is 15.2 Å². The van der Waals surface area contributed by atoms with Gasteiger partial charge in [-0.1, -0.05) is 26.7 Å². The monoisotopic (exact) mass is 427 g/mol. The molecule has 0 amide bonds. The zero-order chi connectivity index (χ0) is 23.0. The van der Waals surface area contributed by atoms with Crippen LogP contribution in [0.3, 0.4) is 0 Å². The summed E-state index contributed by atoms with van der Waals surface area (Å²) in [5, 5.41) is 10.4. The van der Waals surface area contributed by atoms with E-state index in [9.17, 15) is 14.7 Å². The van der Waals surface area contributed by atoms with Crippen LogP contribution in [0.5, 0.6) is 17.2 Å². The molecule has 2 aromatic carbocycles. The predicted octanol–water partition coefficient (Wildman–Crippen LogP) is 5.13. The van der Waals surface area contributed by atoms with E-state index in [0.717, 1.165) is 24.8 Å². The minimum atomic E-state index is -0.174. The standard InChI is InChI=1S/C25H33NO5/c1-5-8-18-14-19(15-22(26)24(18)17(4)28)30-12-7-13-31-23-11-10-20(16(3)27)25(29)21(23)9-6-2/h10-11,14-15,29H,5-9,12-13,26H2,1-4H3. The summed E-state index contributed by atoms with van der Waals surface area (Å²) in [5.74, 6) is 1.02.